The number of hydrogen-bond donors (Lipinski definition) is 1. The standard InChI is InChI=1S/C27H29N3O5/c1-3-34-25(31)18-35-22-11-7-10-21(16-22)29-12-14-30(15-13-29)27(33)26(32)23-17-24(28-19(23)2)20-8-5-4-6-9-20/h4-11,16-17,28H,3,12-15,18H2,1-2H3. The molecule has 1 aliphatic rings. The predicted molar refractivity (Wildman–Crippen MR) is 133 cm³/mol. The lowest BCUT2D eigenvalue weighted by Crippen LogP contribution is -2.50. The van der Waals surface area contributed by atoms with Crippen LogP contribution >= 0.6 is 0 Å². The lowest BCUT2D eigenvalue weighted by molar-refractivity contribution is -0.145. The number of nitrogens with one attached hydrogen (secondary N) is 1. The molecule has 35 heavy (non-hydrogen) atoms. The zero-order chi connectivity index (χ0) is 24.8. The number of aromatic nitrogens is 1. The molecule has 2 aromatic carbocycles. The Labute approximate surface area is 204 Å². The minimum Gasteiger partial charge on any atom is -0.482 e. The van der Waals surface area contributed by atoms with Crippen molar-refractivity contribution in [2.75, 3.05) is 44.3 Å². The van der Waals surface area contributed by atoms with Crippen LogP contribution in [0.15, 0.2) is 60.7 Å². The third-order valence-corrected chi connectivity index (χ3v) is 5.95. The number of anilines is 1. The fraction of sp³-hybridized carbons (Fsp3) is 0.296. The summed E-state index contributed by atoms with van der Waals surface area (Å²) in [5.74, 6) is -0.828. The molecule has 1 fully saturated rings. The molecular weight excluding hydrogens is 446 g/mol. The molecule has 1 saturated heterocycles. The van der Waals surface area contributed by atoms with Gasteiger partial charge in [0.2, 0.25) is 0 Å². The number of aromatic amines is 1. The van der Waals surface area contributed by atoms with E-state index in [0.29, 0.717) is 49.8 Å². The first-order valence-electron chi connectivity index (χ1n) is 11.7. The predicted octanol–water partition coefficient (Wildman–Crippen LogP) is 3.46. The molecule has 4 rings (SSSR count). The lowest BCUT2D eigenvalue weighted by Gasteiger charge is -2.35. The Hall–Kier alpha value is -4.07. The summed E-state index contributed by atoms with van der Waals surface area (Å²) in [6.45, 7) is 5.77. The maximum atomic E-state index is 13.0. The Morgan fingerprint density at radius 3 is 2.40 bits per heavy atom. The number of H-pyrrole nitrogens is 1. The number of amides is 1. The molecule has 0 bridgehead atoms. The summed E-state index contributed by atoms with van der Waals surface area (Å²) in [5.41, 5.74) is 3.79. The fourth-order valence-electron chi connectivity index (χ4n) is 4.11. The highest BCUT2D eigenvalue weighted by molar-refractivity contribution is 6.43. The molecule has 3 aromatic rings. The van der Waals surface area contributed by atoms with E-state index in [1.807, 2.05) is 55.5 Å². The van der Waals surface area contributed by atoms with Crippen LogP contribution < -0.4 is 9.64 Å². The second-order valence-corrected chi connectivity index (χ2v) is 8.29. The van der Waals surface area contributed by atoms with Gasteiger partial charge in [0.1, 0.15) is 5.75 Å². The number of esters is 1. The van der Waals surface area contributed by atoms with Crippen molar-refractivity contribution in [2.24, 2.45) is 0 Å². The lowest BCUT2D eigenvalue weighted by atomic mass is 10.1. The van der Waals surface area contributed by atoms with Crippen molar-refractivity contribution in [3.05, 3.63) is 71.9 Å². The fourth-order valence-corrected chi connectivity index (χ4v) is 4.11. The topological polar surface area (TPSA) is 91.9 Å². The smallest absolute Gasteiger partial charge is 0.344 e. The van der Waals surface area contributed by atoms with Crippen molar-refractivity contribution in [1.29, 1.82) is 0 Å². The van der Waals surface area contributed by atoms with Gasteiger partial charge >= 0.3 is 5.97 Å². The molecule has 0 radical (unpaired) electrons. The van der Waals surface area contributed by atoms with Gasteiger partial charge in [0, 0.05) is 54.9 Å². The van der Waals surface area contributed by atoms with Gasteiger partial charge in [-0.05, 0) is 37.6 Å². The molecule has 1 aromatic heterocycles. The van der Waals surface area contributed by atoms with Crippen LogP contribution in [0.4, 0.5) is 5.69 Å². The van der Waals surface area contributed by atoms with Crippen LogP contribution in [0, 0.1) is 6.92 Å². The van der Waals surface area contributed by atoms with Crippen LogP contribution in [0.3, 0.4) is 0 Å². The molecule has 0 atom stereocenters. The SMILES string of the molecule is CCOC(=O)COc1cccc(N2CCN(C(=O)C(=O)c3cc(-c4ccccc4)[nH]c3C)CC2)c1. The monoisotopic (exact) mass is 475 g/mol. The number of ether oxygens (including phenoxy) is 2. The van der Waals surface area contributed by atoms with Crippen molar-refractivity contribution in [1.82, 2.24) is 9.88 Å². The van der Waals surface area contributed by atoms with Crippen LogP contribution in [0.1, 0.15) is 23.0 Å². The van der Waals surface area contributed by atoms with Crippen LogP contribution in [-0.2, 0) is 14.3 Å². The Bertz CT molecular complexity index is 1200. The first kappa shape index (κ1) is 24.1. The first-order valence-corrected chi connectivity index (χ1v) is 11.7. The molecule has 0 spiro atoms. The van der Waals surface area contributed by atoms with E-state index >= 15 is 0 Å². The van der Waals surface area contributed by atoms with Gasteiger partial charge in [-0.3, -0.25) is 9.59 Å². The summed E-state index contributed by atoms with van der Waals surface area (Å²) >= 11 is 0. The number of aryl methyl sites for hydroxylation is 1. The summed E-state index contributed by atoms with van der Waals surface area (Å²) in [6, 6.07) is 18.9. The number of nitrogens with zero attached hydrogens (tertiary/aromatic N) is 2. The van der Waals surface area contributed by atoms with E-state index < -0.39 is 17.7 Å². The molecule has 182 valence electrons. The van der Waals surface area contributed by atoms with Gasteiger partial charge < -0.3 is 24.3 Å². The highest BCUT2D eigenvalue weighted by Gasteiger charge is 2.29. The normalized spacial score (nSPS) is 13.4. The van der Waals surface area contributed by atoms with E-state index in [0.717, 1.165) is 16.9 Å². The highest BCUT2D eigenvalue weighted by Crippen LogP contribution is 2.24. The number of Topliss-reactive ketones (excluding diaryl/α,β-unsaturated/α-hetero) is 1. The van der Waals surface area contributed by atoms with Crippen molar-refractivity contribution >= 4 is 23.3 Å². The second-order valence-electron chi connectivity index (χ2n) is 8.29. The zero-order valence-electron chi connectivity index (χ0n) is 20.0. The average molecular weight is 476 g/mol. The summed E-state index contributed by atoms with van der Waals surface area (Å²) in [4.78, 5) is 44.5. The molecule has 1 aliphatic heterocycles. The summed E-state index contributed by atoms with van der Waals surface area (Å²) in [7, 11) is 0. The molecule has 0 saturated carbocycles. The van der Waals surface area contributed by atoms with E-state index in [1.54, 1.807) is 24.0 Å². The Morgan fingerprint density at radius 2 is 1.69 bits per heavy atom. The minimum atomic E-state index is -0.497. The van der Waals surface area contributed by atoms with Crippen LogP contribution in [-0.4, -0.2) is 66.9 Å². The largest absolute Gasteiger partial charge is 0.482 e. The van der Waals surface area contributed by atoms with Crippen molar-refractivity contribution in [2.45, 2.75) is 13.8 Å². The van der Waals surface area contributed by atoms with Gasteiger partial charge in [-0.25, -0.2) is 4.79 Å². The van der Waals surface area contributed by atoms with E-state index in [-0.39, 0.29) is 6.61 Å². The molecule has 8 heteroatoms. The second kappa shape index (κ2) is 10.9. The van der Waals surface area contributed by atoms with E-state index in [2.05, 4.69) is 9.88 Å². The summed E-state index contributed by atoms with van der Waals surface area (Å²) in [6.07, 6.45) is 0. The van der Waals surface area contributed by atoms with Crippen molar-refractivity contribution in [3.8, 4) is 17.0 Å². The molecule has 8 nitrogen and oxygen atoms in total. The quantitative estimate of drug-likeness (QED) is 0.305. The Kier molecular flexibility index (Phi) is 7.50. The van der Waals surface area contributed by atoms with Crippen LogP contribution in [0.2, 0.25) is 0 Å². The Balaban J connectivity index is 1.35. The van der Waals surface area contributed by atoms with Gasteiger partial charge in [0.15, 0.2) is 6.61 Å². The number of ketones is 1. The number of carbonyl (C=O) groups excluding carboxylic acids is 3. The average Bonchev–Trinajstić information content (AvgIpc) is 3.29. The third-order valence-electron chi connectivity index (χ3n) is 5.95. The number of rotatable bonds is 8. The van der Waals surface area contributed by atoms with Gasteiger partial charge in [0.05, 0.1) is 6.61 Å². The summed E-state index contributed by atoms with van der Waals surface area (Å²) < 4.78 is 10.4. The molecule has 0 unspecified atom stereocenters. The molecule has 1 N–H and O–H groups in total. The molecular formula is C27H29N3O5. The zero-order valence-corrected chi connectivity index (χ0v) is 20.0. The van der Waals surface area contributed by atoms with Gasteiger partial charge in [0.25, 0.3) is 11.7 Å². The van der Waals surface area contributed by atoms with Gasteiger partial charge in [-0.15, -0.1) is 0 Å². The van der Waals surface area contributed by atoms with Crippen LogP contribution in [0.5, 0.6) is 5.75 Å². The van der Waals surface area contributed by atoms with Crippen molar-refractivity contribution < 1.29 is 23.9 Å². The van der Waals surface area contributed by atoms with E-state index in [4.69, 9.17) is 9.47 Å². The molecule has 2 heterocycles. The number of carbonyl (C=O) groups is 3. The number of piperazine rings is 1. The van der Waals surface area contributed by atoms with Crippen molar-refractivity contribution in [3.63, 3.8) is 0 Å². The summed E-state index contributed by atoms with van der Waals surface area (Å²) in [5, 5.41) is 0. The molecule has 0 aliphatic carbocycles. The van der Waals surface area contributed by atoms with Gasteiger partial charge in [-0.2, -0.15) is 0 Å². The maximum Gasteiger partial charge on any atom is 0.344 e. The minimum absolute atomic E-state index is 0.147. The van der Waals surface area contributed by atoms with Crippen LogP contribution in [0.25, 0.3) is 11.3 Å². The third kappa shape index (κ3) is 5.71. The maximum absolute atomic E-state index is 13.0. The number of hydrogen-bond acceptors (Lipinski definition) is 6. The van der Waals surface area contributed by atoms with E-state index in [9.17, 15) is 14.4 Å². The molecule has 1 amide bonds. The first-order chi connectivity index (χ1) is 17.0. The van der Waals surface area contributed by atoms with E-state index in [1.165, 1.54) is 0 Å². The highest BCUT2D eigenvalue weighted by atomic mass is 16.6. The van der Waals surface area contributed by atoms with Gasteiger partial charge in [-0.1, -0.05) is 36.4 Å². The Morgan fingerprint density at radius 1 is 0.943 bits per heavy atom. The number of benzene rings is 2.